The molecule has 1 aromatic carbocycles. The number of carbonyl (C=O) groups excluding carboxylic acids is 1. The zero-order valence-corrected chi connectivity index (χ0v) is 14.0. The molecule has 1 atom stereocenters. The average molecular weight is 346 g/mol. The minimum absolute atomic E-state index is 0.150. The van der Waals surface area contributed by atoms with E-state index in [0.717, 1.165) is 5.56 Å². The highest BCUT2D eigenvalue weighted by Gasteiger charge is 2.22. The maximum Gasteiger partial charge on any atom is 0.249 e. The summed E-state index contributed by atoms with van der Waals surface area (Å²) in [6.45, 7) is 0.850. The van der Waals surface area contributed by atoms with Gasteiger partial charge < -0.3 is 10.6 Å². The summed E-state index contributed by atoms with van der Waals surface area (Å²) in [7, 11) is 0. The maximum atomic E-state index is 12.7. The lowest BCUT2D eigenvalue weighted by Crippen LogP contribution is -2.36. The van der Waals surface area contributed by atoms with Crippen LogP contribution in [0.5, 0.6) is 0 Å². The Morgan fingerprint density at radius 3 is 2.69 bits per heavy atom. The summed E-state index contributed by atoms with van der Waals surface area (Å²) >= 11 is 0. The van der Waals surface area contributed by atoms with Crippen molar-refractivity contribution in [2.24, 2.45) is 0 Å². The van der Waals surface area contributed by atoms with E-state index in [-0.39, 0.29) is 5.91 Å². The SMILES string of the molecule is N#Cc1cccnc1NCCNC(=O)[C@@H](c1ccccc1)n1cccn1. The maximum absolute atomic E-state index is 12.7. The van der Waals surface area contributed by atoms with Crippen LogP contribution in [0.25, 0.3) is 0 Å². The van der Waals surface area contributed by atoms with Gasteiger partial charge in [0, 0.05) is 31.7 Å². The molecule has 7 nitrogen and oxygen atoms in total. The van der Waals surface area contributed by atoms with Gasteiger partial charge in [-0.15, -0.1) is 0 Å². The Morgan fingerprint density at radius 2 is 1.96 bits per heavy atom. The average Bonchev–Trinajstić information content (AvgIpc) is 3.21. The van der Waals surface area contributed by atoms with Crippen LogP contribution in [0.2, 0.25) is 0 Å². The van der Waals surface area contributed by atoms with Crippen molar-refractivity contribution >= 4 is 11.7 Å². The fourth-order valence-electron chi connectivity index (χ4n) is 2.59. The number of amides is 1. The second kappa shape index (κ2) is 8.44. The van der Waals surface area contributed by atoms with Crippen LogP contribution in [-0.4, -0.2) is 33.8 Å². The van der Waals surface area contributed by atoms with E-state index >= 15 is 0 Å². The molecule has 0 spiro atoms. The van der Waals surface area contributed by atoms with Gasteiger partial charge in [-0.25, -0.2) is 4.98 Å². The number of nitrogens with zero attached hydrogens (tertiary/aromatic N) is 4. The Morgan fingerprint density at radius 1 is 1.12 bits per heavy atom. The predicted molar refractivity (Wildman–Crippen MR) is 97.3 cm³/mol. The molecule has 0 aliphatic carbocycles. The standard InChI is InChI=1S/C19H18N6O/c20-14-16-8-4-9-21-18(16)22-11-12-23-19(26)17(25-13-5-10-24-25)15-6-2-1-3-7-15/h1-10,13,17H,11-12H2,(H,21,22)(H,23,26)/t17-/m1/s1. The van der Waals surface area contributed by atoms with Crippen molar-refractivity contribution in [2.75, 3.05) is 18.4 Å². The van der Waals surface area contributed by atoms with Crippen LogP contribution in [0.15, 0.2) is 67.1 Å². The number of hydrogen-bond acceptors (Lipinski definition) is 5. The van der Waals surface area contributed by atoms with Gasteiger partial charge in [0.05, 0.1) is 5.56 Å². The molecular formula is C19H18N6O. The van der Waals surface area contributed by atoms with Crippen LogP contribution >= 0.6 is 0 Å². The molecule has 0 radical (unpaired) electrons. The van der Waals surface area contributed by atoms with Crippen molar-refractivity contribution in [2.45, 2.75) is 6.04 Å². The first kappa shape index (κ1) is 17.2. The third-order valence-corrected chi connectivity index (χ3v) is 3.80. The topological polar surface area (TPSA) is 95.6 Å². The summed E-state index contributed by atoms with van der Waals surface area (Å²) in [6.07, 6.45) is 5.03. The second-order valence-electron chi connectivity index (χ2n) is 5.53. The molecule has 0 fully saturated rings. The molecule has 26 heavy (non-hydrogen) atoms. The number of aromatic nitrogens is 3. The number of nitriles is 1. The van der Waals surface area contributed by atoms with Crippen molar-refractivity contribution < 1.29 is 4.79 Å². The van der Waals surface area contributed by atoms with E-state index in [0.29, 0.717) is 24.5 Å². The molecule has 0 bridgehead atoms. The number of nitrogens with one attached hydrogen (secondary N) is 2. The lowest BCUT2D eigenvalue weighted by Gasteiger charge is -2.18. The first-order valence-corrected chi connectivity index (χ1v) is 8.20. The lowest BCUT2D eigenvalue weighted by molar-refractivity contribution is -0.123. The molecular weight excluding hydrogens is 328 g/mol. The first-order chi connectivity index (χ1) is 12.8. The molecule has 0 unspecified atom stereocenters. The zero-order valence-electron chi connectivity index (χ0n) is 14.0. The van der Waals surface area contributed by atoms with Gasteiger partial charge >= 0.3 is 0 Å². The van der Waals surface area contributed by atoms with Gasteiger partial charge in [0.25, 0.3) is 0 Å². The molecule has 2 N–H and O–H groups in total. The smallest absolute Gasteiger partial charge is 0.249 e. The first-order valence-electron chi connectivity index (χ1n) is 8.20. The van der Waals surface area contributed by atoms with E-state index in [1.165, 1.54) is 0 Å². The highest BCUT2D eigenvalue weighted by Crippen LogP contribution is 2.17. The molecule has 130 valence electrons. The largest absolute Gasteiger partial charge is 0.367 e. The second-order valence-corrected chi connectivity index (χ2v) is 5.53. The zero-order chi connectivity index (χ0) is 18.2. The Hall–Kier alpha value is -3.66. The Balaban J connectivity index is 1.61. The van der Waals surface area contributed by atoms with Gasteiger partial charge in [0.15, 0.2) is 6.04 Å². The van der Waals surface area contributed by atoms with Gasteiger partial charge in [0.1, 0.15) is 11.9 Å². The third-order valence-electron chi connectivity index (χ3n) is 3.80. The van der Waals surface area contributed by atoms with Crippen LogP contribution in [0.4, 0.5) is 5.82 Å². The van der Waals surface area contributed by atoms with Gasteiger partial charge in [-0.1, -0.05) is 30.3 Å². The van der Waals surface area contributed by atoms with Gasteiger partial charge in [0.2, 0.25) is 5.91 Å². The van der Waals surface area contributed by atoms with E-state index in [9.17, 15) is 4.79 Å². The van der Waals surface area contributed by atoms with Gasteiger partial charge in [-0.05, 0) is 23.8 Å². The molecule has 0 aliphatic rings. The molecule has 0 saturated carbocycles. The quantitative estimate of drug-likeness (QED) is 0.638. The van der Waals surface area contributed by atoms with Crippen molar-refractivity contribution in [3.05, 3.63) is 78.2 Å². The number of carbonyl (C=O) groups is 1. The molecule has 0 saturated heterocycles. The molecule has 2 heterocycles. The molecule has 1 amide bonds. The summed E-state index contributed by atoms with van der Waals surface area (Å²) in [5.41, 5.74) is 1.33. The lowest BCUT2D eigenvalue weighted by atomic mass is 10.1. The summed E-state index contributed by atoms with van der Waals surface area (Å²) in [5.74, 6) is 0.360. The molecule has 3 aromatic rings. The van der Waals surface area contributed by atoms with Crippen molar-refractivity contribution in [1.82, 2.24) is 20.1 Å². The Kier molecular flexibility index (Phi) is 5.58. The molecule has 7 heteroatoms. The van der Waals surface area contributed by atoms with E-state index in [2.05, 4.69) is 26.8 Å². The van der Waals surface area contributed by atoms with Crippen molar-refractivity contribution in [1.29, 1.82) is 5.26 Å². The molecule has 0 aliphatic heterocycles. The fourth-order valence-corrected chi connectivity index (χ4v) is 2.59. The highest BCUT2D eigenvalue weighted by molar-refractivity contribution is 5.83. The third kappa shape index (κ3) is 4.05. The summed E-state index contributed by atoms with van der Waals surface area (Å²) in [6, 6.07) is 16.2. The number of anilines is 1. The molecule has 3 rings (SSSR count). The Labute approximate surface area is 151 Å². The minimum Gasteiger partial charge on any atom is -0.367 e. The monoisotopic (exact) mass is 346 g/mol. The Bertz CT molecular complexity index is 886. The van der Waals surface area contributed by atoms with Crippen LogP contribution in [-0.2, 0) is 4.79 Å². The number of hydrogen-bond donors (Lipinski definition) is 2. The fraction of sp³-hybridized carbons (Fsp3) is 0.158. The van der Waals surface area contributed by atoms with Gasteiger partial charge in [-0.2, -0.15) is 10.4 Å². The number of benzene rings is 1. The summed E-state index contributed by atoms with van der Waals surface area (Å²) < 4.78 is 1.63. The summed E-state index contributed by atoms with van der Waals surface area (Å²) in [5, 5.41) is 19.2. The van der Waals surface area contributed by atoms with E-state index in [4.69, 9.17) is 5.26 Å². The van der Waals surface area contributed by atoms with E-state index in [1.54, 1.807) is 41.5 Å². The highest BCUT2D eigenvalue weighted by atomic mass is 16.2. The van der Waals surface area contributed by atoms with Crippen LogP contribution in [0, 0.1) is 11.3 Å². The van der Waals surface area contributed by atoms with Crippen molar-refractivity contribution in [3.63, 3.8) is 0 Å². The van der Waals surface area contributed by atoms with Crippen LogP contribution in [0.1, 0.15) is 17.2 Å². The number of rotatable bonds is 7. The van der Waals surface area contributed by atoms with Crippen LogP contribution in [0.3, 0.4) is 0 Å². The van der Waals surface area contributed by atoms with Crippen molar-refractivity contribution in [3.8, 4) is 6.07 Å². The minimum atomic E-state index is -0.532. The normalized spacial score (nSPS) is 11.3. The predicted octanol–water partition coefficient (Wildman–Crippen LogP) is 1.97. The molecule has 2 aromatic heterocycles. The number of pyridine rings is 1. The van der Waals surface area contributed by atoms with Crippen LogP contribution < -0.4 is 10.6 Å². The van der Waals surface area contributed by atoms with E-state index in [1.807, 2.05) is 30.3 Å². The summed E-state index contributed by atoms with van der Waals surface area (Å²) in [4.78, 5) is 16.8. The van der Waals surface area contributed by atoms with E-state index < -0.39 is 6.04 Å². The van der Waals surface area contributed by atoms with Gasteiger partial charge in [-0.3, -0.25) is 9.48 Å².